The summed E-state index contributed by atoms with van der Waals surface area (Å²) < 4.78 is 5.99. The van der Waals surface area contributed by atoms with E-state index in [0.717, 1.165) is 30.0 Å². The number of rotatable bonds is 7. The highest BCUT2D eigenvalue weighted by atomic mass is 32.1. The lowest BCUT2D eigenvalue weighted by atomic mass is 9.87. The summed E-state index contributed by atoms with van der Waals surface area (Å²) >= 11 is 1.71. The monoisotopic (exact) mass is 298 g/mol. The molecule has 0 fully saturated rings. The highest BCUT2D eigenvalue weighted by molar-refractivity contribution is 7.09. The molecule has 0 aliphatic carbocycles. The smallest absolute Gasteiger partial charge is 0.0945 e. The van der Waals surface area contributed by atoms with Crippen molar-refractivity contribution in [1.29, 1.82) is 0 Å². The van der Waals surface area contributed by atoms with Crippen LogP contribution in [0.5, 0.6) is 0 Å². The Balaban J connectivity index is 2.83. The first kappa shape index (κ1) is 17.6. The van der Waals surface area contributed by atoms with Crippen molar-refractivity contribution in [2.75, 3.05) is 6.61 Å². The molecule has 0 spiro atoms. The minimum atomic E-state index is -0.220. The van der Waals surface area contributed by atoms with Crippen LogP contribution in [0.25, 0.3) is 0 Å². The van der Waals surface area contributed by atoms with Gasteiger partial charge >= 0.3 is 0 Å². The molecule has 0 bridgehead atoms. The van der Waals surface area contributed by atoms with Crippen LogP contribution in [-0.4, -0.2) is 23.2 Å². The van der Waals surface area contributed by atoms with Gasteiger partial charge in [-0.05, 0) is 19.8 Å². The lowest BCUT2D eigenvalue weighted by Crippen LogP contribution is -2.50. The van der Waals surface area contributed by atoms with Crippen molar-refractivity contribution in [2.45, 2.75) is 77.9 Å². The van der Waals surface area contributed by atoms with E-state index in [-0.39, 0.29) is 17.1 Å². The van der Waals surface area contributed by atoms with Crippen molar-refractivity contribution >= 4 is 11.3 Å². The molecule has 1 aromatic rings. The molecular weight excluding hydrogens is 268 g/mol. The van der Waals surface area contributed by atoms with Gasteiger partial charge in [0.15, 0.2) is 0 Å². The van der Waals surface area contributed by atoms with Gasteiger partial charge in [-0.3, -0.25) is 0 Å². The number of hydrogen-bond donors (Lipinski definition) is 1. The molecule has 0 aromatic carbocycles. The lowest BCUT2D eigenvalue weighted by Gasteiger charge is -2.37. The number of aromatic nitrogens is 1. The first-order valence-electron chi connectivity index (χ1n) is 7.63. The van der Waals surface area contributed by atoms with E-state index in [1.54, 1.807) is 11.3 Å². The molecule has 0 amide bonds. The van der Waals surface area contributed by atoms with Gasteiger partial charge in [0.05, 0.1) is 16.3 Å². The van der Waals surface area contributed by atoms with E-state index in [9.17, 15) is 0 Å². The Bertz CT molecular complexity index is 405. The SMILES string of the molecule is CCOC(CC)(CC)C(N)Cc1nc(C(C)(C)C)cs1. The summed E-state index contributed by atoms with van der Waals surface area (Å²) in [4.78, 5) is 4.75. The van der Waals surface area contributed by atoms with Gasteiger partial charge in [0, 0.05) is 29.9 Å². The third-order valence-electron chi connectivity index (χ3n) is 4.02. The van der Waals surface area contributed by atoms with Crippen LogP contribution in [0.2, 0.25) is 0 Å². The van der Waals surface area contributed by atoms with E-state index in [2.05, 4.69) is 40.0 Å². The molecule has 1 aromatic heterocycles. The van der Waals surface area contributed by atoms with Gasteiger partial charge in [0.1, 0.15) is 0 Å². The highest BCUT2D eigenvalue weighted by Gasteiger charge is 2.34. The second-order valence-corrected chi connectivity index (χ2v) is 7.33. The molecule has 0 saturated carbocycles. The quantitative estimate of drug-likeness (QED) is 0.830. The van der Waals surface area contributed by atoms with Gasteiger partial charge in [-0.1, -0.05) is 34.6 Å². The van der Waals surface area contributed by atoms with Gasteiger partial charge in [0.25, 0.3) is 0 Å². The average molecular weight is 298 g/mol. The van der Waals surface area contributed by atoms with Crippen molar-refractivity contribution in [3.05, 3.63) is 16.1 Å². The maximum absolute atomic E-state index is 6.45. The van der Waals surface area contributed by atoms with Crippen LogP contribution in [0.1, 0.15) is 65.1 Å². The summed E-state index contributed by atoms with van der Waals surface area (Å²) in [6, 6.07) is -0.00332. The molecule has 0 saturated heterocycles. The molecule has 0 aliphatic heterocycles. The van der Waals surface area contributed by atoms with Gasteiger partial charge in [-0.25, -0.2) is 4.98 Å². The summed E-state index contributed by atoms with van der Waals surface area (Å²) in [6.07, 6.45) is 2.68. The third-order valence-corrected chi connectivity index (χ3v) is 4.89. The van der Waals surface area contributed by atoms with Gasteiger partial charge in [-0.15, -0.1) is 11.3 Å². The summed E-state index contributed by atoms with van der Waals surface area (Å²) in [6.45, 7) is 13.6. The van der Waals surface area contributed by atoms with Crippen molar-refractivity contribution in [3.8, 4) is 0 Å². The molecule has 0 aliphatic rings. The molecule has 0 radical (unpaired) electrons. The fourth-order valence-electron chi connectivity index (χ4n) is 2.50. The van der Waals surface area contributed by atoms with Gasteiger partial charge in [0.2, 0.25) is 0 Å². The van der Waals surface area contributed by atoms with E-state index in [1.165, 1.54) is 0 Å². The first-order valence-corrected chi connectivity index (χ1v) is 8.51. The Kier molecular flexibility index (Phi) is 6.17. The van der Waals surface area contributed by atoms with E-state index < -0.39 is 0 Å². The predicted octanol–water partition coefficient (Wildman–Crippen LogP) is 3.91. The number of nitrogens with two attached hydrogens (primary N) is 1. The standard InChI is InChI=1S/C16H30N2OS/c1-7-16(8-2,19-9-3)12(17)10-14-18-13(11-20-14)15(4,5)6/h11-12H,7-10,17H2,1-6H3. The van der Waals surface area contributed by atoms with Crippen molar-refractivity contribution in [3.63, 3.8) is 0 Å². The van der Waals surface area contributed by atoms with Crippen LogP contribution >= 0.6 is 11.3 Å². The maximum Gasteiger partial charge on any atom is 0.0945 e. The first-order chi connectivity index (χ1) is 9.29. The Labute approximate surface area is 127 Å². The Morgan fingerprint density at radius 2 is 1.85 bits per heavy atom. The normalized spacial score (nSPS) is 14.6. The third kappa shape index (κ3) is 4.03. The molecule has 1 rings (SSSR count). The zero-order chi connectivity index (χ0) is 15.4. The zero-order valence-corrected chi connectivity index (χ0v) is 14.6. The Morgan fingerprint density at radius 1 is 1.25 bits per heavy atom. The fraction of sp³-hybridized carbons (Fsp3) is 0.812. The topological polar surface area (TPSA) is 48.1 Å². The summed E-state index contributed by atoms with van der Waals surface area (Å²) in [5.41, 5.74) is 7.49. The molecule has 116 valence electrons. The Hall–Kier alpha value is -0.450. The molecule has 1 heterocycles. The van der Waals surface area contributed by atoms with Crippen LogP contribution < -0.4 is 5.73 Å². The van der Waals surface area contributed by atoms with E-state index in [4.69, 9.17) is 15.5 Å². The van der Waals surface area contributed by atoms with Crippen molar-refractivity contribution in [1.82, 2.24) is 4.98 Å². The van der Waals surface area contributed by atoms with Crippen LogP contribution in [0.3, 0.4) is 0 Å². The van der Waals surface area contributed by atoms with Gasteiger partial charge in [-0.2, -0.15) is 0 Å². The molecular formula is C16H30N2OS. The lowest BCUT2D eigenvalue weighted by molar-refractivity contribution is -0.0633. The number of nitrogens with zero attached hydrogens (tertiary/aromatic N) is 1. The Morgan fingerprint density at radius 3 is 2.25 bits per heavy atom. The van der Waals surface area contributed by atoms with Crippen LogP contribution in [-0.2, 0) is 16.6 Å². The molecule has 20 heavy (non-hydrogen) atoms. The number of thiazole rings is 1. The zero-order valence-electron chi connectivity index (χ0n) is 13.8. The van der Waals surface area contributed by atoms with Gasteiger partial charge < -0.3 is 10.5 Å². The summed E-state index contributed by atoms with van der Waals surface area (Å²) in [5.74, 6) is 0. The average Bonchev–Trinajstić information content (AvgIpc) is 2.84. The maximum atomic E-state index is 6.45. The molecule has 1 atom stereocenters. The van der Waals surface area contributed by atoms with E-state index in [0.29, 0.717) is 6.61 Å². The van der Waals surface area contributed by atoms with Crippen LogP contribution in [0.4, 0.5) is 0 Å². The minimum absolute atomic E-state index is 0.00332. The summed E-state index contributed by atoms with van der Waals surface area (Å²) in [5, 5.41) is 3.27. The highest BCUT2D eigenvalue weighted by Crippen LogP contribution is 2.29. The van der Waals surface area contributed by atoms with E-state index in [1.807, 2.05) is 6.92 Å². The second-order valence-electron chi connectivity index (χ2n) is 6.39. The minimum Gasteiger partial charge on any atom is -0.374 e. The number of ether oxygens (including phenoxy) is 1. The summed E-state index contributed by atoms with van der Waals surface area (Å²) in [7, 11) is 0. The molecule has 2 N–H and O–H groups in total. The van der Waals surface area contributed by atoms with Crippen molar-refractivity contribution < 1.29 is 4.74 Å². The van der Waals surface area contributed by atoms with Crippen LogP contribution in [0.15, 0.2) is 5.38 Å². The molecule has 4 heteroatoms. The number of hydrogen-bond acceptors (Lipinski definition) is 4. The molecule has 3 nitrogen and oxygen atoms in total. The predicted molar refractivity (Wildman–Crippen MR) is 87.4 cm³/mol. The fourth-order valence-corrected chi connectivity index (χ4v) is 3.58. The largest absolute Gasteiger partial charge is 0.374 e. The van der Waals surface area contributed by atoms with E-state index >= 15 is 0 Å². The second kappa shape index (κ2) is 7.01. The van der Waals surface area contributed by atoms with Crippen molar-refractivity contribution in [2.24, 2.45) is 5.73 Å². The molecule has 1 unspecified atom stereocenters. The van der Waals surface area contributed by atoms with Crippen LogP contribution in [0, 0.1) is 0 Å².